The van der Waals surface area contributed by atoms with Crippen LogP contribution in [0.2, 0.25) is 0 Å². The summed E-state index contributed by atoms with van der Waals surface area (Å²) in [5.74, 6) is 3.06. The highest BCUT2D eigenvalue weighted by Crippen LogP contribution is 2.43. The molecule has 0 saturated heterocycles. The number of hydrogen-bond acceptors (Lipinski definition) is 4. The Kier molecular flexibility index (Phi) is 4.39. The number of rotatable bonds is 5. The molecule has 0 fully saturated rings. The number of ether oxygens (including phenoxy) is 4. The first-order valence-corrected chi connectivity index (χ1v) is 9.99. The van der Waals surface area contributed by atoms with Crippen LogP contribution < -0.4 is 23.5 Å². The fourth-order valence-electron chi connectivity index (χ4n) is 4.49. The van der Waals surface area contributed by atoms with Gasteiger partial charge in [0, 0.05) is 5.39 Å². The van der Waals surface area contributed by atoms with E-state index in [1.165, 1.54) is 16.3 Å². The molecule has 0 atom stereocenters. The number of hydrogen-bond donors (Lipinski definition) is 0. The molecule has 5 nitrogen and oxygen atoms in total. The molecular formula is C25H24NO4+. The summed E-state index contributed by atoms with van der Waals surface area (Å²) in [5, 5.41) is 5.64. The molecule has 0 bridgehead atoms. The Morgan fingerprint density at radius 3 is 2.40 bits per heavy atom. The minimum absolute atomic E-state index is 0.262. The average molecular weight is 402 g/mol. The molecule has 5 heteroatoms. The van der Waals surface area contributed by atoms with E-state index in [2.05, 4.69) is 48.7 Å². The third kappa shape index (κ3) is 2.65. The van der Waals surface area contributed by atoms with Gasteiger partial charge in [-0.2, -0.15) is 4.57 Å². The Balaban J connectivity index is 1.95. The molecule has 0 radical (unpaired) electrons. The van der Waals surface area contributed by atoms with Crippen molar-refractivity contribution in [3.63, 3.8) is 0 Å². The molecular weight excluding hydrogens is 378 g/mol. The summed E-state index contributed by atoms with van der Waals surface area (Å²) in [6, 6.07) is 10.6. The third-order valence-corrected chi connectivity index (χ3v) is 5.85. The van der Waals surface area contributed by atoms with Crippen molar-refractivity contribution in [1.29, 1.82) is 0 Å². The number of pyridine rings is 1. The van der Waals surface area contributed by atoms with Crippen molar-refractivity contribution in [2.45, 2.75) is 12.8 Å². The Morgan fingerprint density at radius 1 is 0.967 bits per heavy atom. The minimum Gasteiger partial charge on any atom is -0.493 e. The summed E-state index contributed by atoms with van der Waals surface area (Å²) in [6.45, 7) is 4.16. The molecule has 0 spiro atoms. The van der Waals surface area contributed by atoms with Crippen LogP contribution in [0.4, 0.5) is 0 Å². The number of aromatic nitrogens is 1. The van der Waals surface area contributed by atoms with Gasteiger partial charge in [0.2, 0.25) is 12.3 Å². The lowest BCUT2D eigenvalue weighted by Crippen LogP contribution is -2.29. The van der Waals surface area contributed by atoms with Crippen LogP contribution >= 0.6 is 0 Å². The zero-order valence-corrected chi connectivity index (χ0v) is 17.5. The van der Waals surface area contributed by atoms with Gasteiger partial charge in [0.05, 0.1) is 30.4 Å². The average Bonchev–Trinajstić information content (AvgIpc) is 3.22. The Hall–Kier alpha value is -3.47. The molecule has 0 N–H and O–H groups in total. The largest absolute Gasteiger partial charge is 0.493 e. The van der Waals surface area contributed by atoms with Gasteiger partial charge >= 0.3 is 0 Å². The number of allylic oxidation sites excluding steroid dienone is 1. The summed E-state index contributed by atoms with van der Waals surface area (Å²) in [4.78, 5) is 0. The topological polar surface area (TPSA) is 40.8 Å². The van der Waals surface area contributed by atoms with Gasteiger partial charge in [-0.3, -0.25) is 0 Å². The zero-order chi connectivity index (χ0) is 20.8. The van der Waals surface area contributed by atoms with E-state index in [1.807, 2.05) is 12.1 Å². The summed E-state index contributed by atoms with van der Waals surface area (Å²) < 4.78 is 24.7. The van der Waals surface area contributed by atoms with Crippen molar-refractivity contribution in [3.8, 4) is 23.0 Å². The lowest BCUT2D eigenvalue weighted by molar-refractivity contribution is -0.642. The predicted molar refractivity (Wildman–Crippen MR) is 118 cm³/mol. The van der Waals surface area contributed by atoms with E-state index < -0.39 is 0 Å². The number of aryl methyl sites for hydroxylation is 2. The quantitative estimate of drug-likeness (QED) is 0.272. The fourth-order valence-corrected chi connectivity index (χ4v) is 4.49. The van der Waals surface area contributed by atoms with Crippen LogP contribution in [0.1, 0.15) is 12.0 Å². The maximum Gasteiger partial charge on any atom is 0.231 e. The molecule has 152 valence electrons. The van der Waals surface area contributed by atoms with Gasteiger partial charge in [-0.15, -0.1) is 6.58 Å². The summed E-state index contributed by atoms with van der Waals surface area (Å²) in [6.07, 6.45) is 5.87. The molecule has 5 rings (SSSR count). The van der Waals surface area contributed by atoms with E-state index >= 15 is 0 Å². The number of methoxy groups -OCH3 is 2. The van der Waals surface area contributed by atoms with Crippen LogP contribution in [0.5, 0.6) is 23.0 Å². The highest BCUT2D eigenvalue weighted by atomic mass is 16.7. The molecule has 0 unspecified atom stereocenters. The maximum absolute atomic E-state index is 5.71. The van der Waals surface area contributed by atoms with Gasteiger partial charge in [0.15, 0.2) is 29.2 Å². The lowest BCUT2D eigenvalue weighted by atomic mass is 9.94. The van der Waals surface area contributed by atoms with Gasteiger partial charge in [-0.05, 0) is 54.1 Å². The first-order valence-electron chi connectivity index (χ1n) is 9.99. The number of nitrogens with zero attached hydrogens (tertiary/aromatic N) is 1. The Bertz CT molecular complexity index is 1330. The second kappa shape index (κ2) is 7.10. The normalized spacial score (nSPS) is 12.6. The lowest BCUT2D eigenvalue weighted by Gasteiger charge is -2.14. The van der Waals surface area contributed by atoms with E-state index in [4.69, 9.17) is 18.9 Å². The predicted octanol–water partition coefficient (Wildman–Crippen LogP) is 4.84. The first-order chi connectivity index (χ1) is 14.7. The molecule has 4 aromatic rings. The van der Waals surface area contributed by atoms with Crippen LogP contribution in [0.25, 0.3) is 32.4 Å². The number of benzene rings is 3. The van der Waals surface area contributed by atoms with Crippen LogP contribution in [0.15, 0.2) is 49.2 Å². The van der Waals surface area contributed by atoms with Crippen molar-refractivity contribution >= 4 is 32.4 Å². The van der Waals surface area contributed by atoms with E-state index in [0.29, 0.717) is 0 Å². The zero-order valence-electron chi connectivity index (χ0n) is 17.5. The maximum atomic E-state index is 5.71. The van der Waals surface area contributed by atoms with Gasteiger partial charge in [0.1, 0.15) is 7.05 Å². The second-order valence-electron chi connectivity index (χ2n) is 7.51. The standard InChI is InChI=1S/C25H24NO4/c1-5-6-7-15-10-18-16-8-9-21(27-3)25(28-4)20(16)13-26(2)24(18)19-12-23-22(11-17(15)19)29-14-30-23/h5,8-13H,1,6-7,14H2,2-4H3/q+1. The summed E-state index contributed by atoms with van der Waals surface area (Å²) in [7, 11) is 5.40. The highest BCUT2D eigenvalue weighted by Gasteiger charge is 2.23. The van der Waals surface area contributed by atoms with E-state index in [9.17, 15) is 0 Å². The van der Waals surface area contributed by atoms with Crippen LogP contribution in [-0.2, 0) is 13.5 Å². The van der Waals surface area contributed by atoms with Crippen LogP contribution in [0.3, 0.4) is 0 Å². The fraction of sp³-hybridized carbons (Fsp3) is 0.240. The van der Waals surface area contributed by atoms with E-state index in [1.54, 1.807) is 14.2 Å². The molecule has 30 heavy (non-hydrogen) atoms. The van der Waals surface area contributed by atoms with Crippen molar-refractivity contribution in [2.75, 3.05) is 21.0 Å². The molecule has 1 aliphatic rings. The Labute approximate surface area is 175 Å². The molecule has 0 saturated carbocycles. The molecule has 0 amide bonds. The van der Waals surface area contributed by atoms with E-state index in [0.717, 1.165) is 57.5 Å². The Morgan fingerprint density at radius 2 is 1.70 bits per heavy atom. The van der Waals surface area contributed by atoms with Crippen molar-refractivity contribution in [1.82, 2.24) is 0 Å². The van der Waals surface area contributed by atoms with Gasteiger partial charge in [-0.1, -0.05) is 6.08 Å². The molecule has 1 aliphatic heterocycles. The molecule has 1 aromatic heterocycles. The third-order valence-electron chi connectivity index (χ3n) is 5.85. The molecule has 2 heterocycles. The van der Waals surface area contributed by atoms with Crippen LogP contribution in [-0.4, -0.2) is 21.0 Å². The molecule has 3 aromatic carbocycles. The second-order valence-corrected chi connectivity index (χ2v) is 7.51. The highest BCUT2D eigenvalue weighted by molar-refractivity contribution is 6.16. The minimum atomic E-state index is 0.262. The summed E-state index contributed by atoms with van der Waals surface area (Å²) >= 11 is 0. The first kappa shape index (κ1) is 18.6. The SMILES string of the molecule is C=CCCc1cc2c3ccc(OC)c(OC)c3c[n+](C)c2c2cc3c(cc12)OCO3. The van der Waals surface area contributed by atoms with Crippen LogP contribution in [0, 0.1) is 0 Å². The van der Waals surface area contributed by atoms with Gasteiger partial charge in [0.25, 0.3) is 0 Å². The smallest absolute Gasteiger partial charge is 0.231 e. The summed E-state index contributed by atoms with van der Waals surface area (Å²) in [5.41, 5.74) is 2.41. The van der Waals surface area contributed by atoms with Crippen molar-refractivity contribution in [2.24, 2.45) is 7.05 Å². The van der Waals surface area contributed by atoms with E-state index in [-0.39, 0.29) is 6.79 Å². The number of fused-ring (bicyclic) bond motifs is 6. The molecule has 0 aliphatic carbocycles. The van der Waals surface area contributed by atoms with Crippen molar-refractivity contribution < 1.29 is 23.5 Å². The van der Waals surface area contributed by atoms with Gasteiger partial charge < -0.3 is 18.9 Å². The van der Waals surface area contributed by atoms with Gasteiger partial charge in [-0.25, -0.2) is 0 Å². The van der Waals surface area contributed by atoms with Crippen molar-refractivity contribution in [3.05, 3.63) is 54.7 Å². The monoisotopic (exact) mass is 402 g/mol.